The minimum Gasteiger partial charge on any atom is -0.357 e. The summed E-state index contributed by atoms with van der Waals surface area (Å²) < 4.78 is 37.3. The zero-order chi connectivity index (χ0) is 15.9. The highest BCUT2D eigenvalue weighted by atomic mass is 19.4. The topological polar surface area (TPSA) is 28.2 Å². The molecule has 2 rings (SSSR count). The van der Waals surface area contributed by atoms with Crippen molar-refractivity contribution in [2.24, 2.45) is 5.92 Å². The first-order valence-corrected chi connectivity index (χ1v) is 7.43. The van der Waals surface area contributed by atoms with E-state index in [-0.39, 0.29) is 0 Å². The molecule has 0 spiro atoms. The maximum atomic E-state index is 12.4. The van der Waals surface area contributed by atoms with E-state index in [1.165, 1.54) is 6.07 Å². The van der Waals surface area contributed by atoms with Crippen molar-refractivity contribution < 1.29 is 13.2 Å². The second-order valence-electron chi connectivity index (χ2n) is 4.89. The third-order valence-corrected chi connectivity index (χ3v) is 3.51. The van der Waals surface area contributed by atoms with Crippen LogP contribution in [0, 0.1) is 5.92 Å². The van der Waals surface area contributed by atoms with E-state index in [0.717, 1.165) is 44.7 Å². The number of rotatable bonds is 3. The van der Waals surface area contributed by atoms with Gasteiger partial charge in [-0.3, -0.25) is 0 Å². The number of piperidine rings is 1. The van der Waals surface area contributed by atoms with E-state index in [1.807, 2.05) is 25.8 Å². The summed E-state index contributed by atoms with van der Waals surface area (Å²) >= 11 is 0. The van der Waals surface area contributed by atoms with Gasteiger partial charge in [0.2, 0.25) is 0 Å². The zero-order valence-electron chi connectivity index (χ0n) is 12.9. The molecule has 0 bridgehead atoms. The van der Waals surface area contributed by atoms with Crippen LogP contribution in [0.2, 0.25) is 0 Å². The fourth-order valence-electron chi connectivity index (χ4n) is 2.40. The third-order valence-electron chi connectivity index (χ3n) is 3.51. The number of nitrogens with one attached hydrogen (secondary N) is 1. The molecule has 1 aliphatic rings. The van der Waals surface area contributed by atoms with Gasteiger partial charge in [0.1, 0.15) is 5.82 Å². The zero-order valence-corrected chi connectivity index (χ0v) is 12.9. The van der Waals surface area contributed by atoms with Crippen LogP contribution in [0.15, 0.2) is 18.3 Å². The summed E-state index contributed by atoms with van der Waals surface area (Å²) in [6.07, 6.45) is -1.31. The minimum atomic E-state index is -4.31. The van der Waals surface area contributed by atoms with Crippen LogP contribution < -0.4 is 10.2 Å². The van der Waals surface area contributed by atoms with Crippen LogP contribution >= 0.6 is 0 Å². The van der Waals surface area contributed by atoms with Crippen molar-refractivity contribution in [3.05, 3.63) is 23.9 Å². The molecule has 0 atom stereocenters. The first kappa shape index (κ1) is 17.8. The van der Waals surface area contributed by atoms with E-state index < -0.39 is 11.7 Å². The summed E-state index contributed by atoms with van der Waals surface area (Å²) in [4.78, 5) is 5.98. The first-order valence-electron chi connectivity index (χ1n) is 7.43. The van der Waals surface area contributed by atoms with E-state index in [4.69, 9.17) is 0 Å². The van der Waals surface area contributed by atoms with Crippen LogP contribution in [0.1, 0.15) is 32.3 Å². The van der Waals surface area contributed by atoms with Gasteiger partial charge in [-0.2, -0.15) is 13.2 Å². The summed E-state index contributed by atoms with van der Waals surface area (Å²) in [6, 6.07) is 2.56. The van der Waals surface area contributed by atoms with Crippen molar-refractivity contribution in [1.29, 1.82) is 0 Å². The standard InChI is InChI=1S/C13H18F3N3.C2H6/c1-17-8-10-4-6-19(7-5-10)12-3-2-11(9-18-12)13(14,15)16;1-2/h2-3,9-10,17H,4-8H2,1H3;1-2H3. The van der Waals surface area contributed by atoms with Crippen molar-refractivity contribution in [3.8, 4) is 0 Å². The second-order valence-corrected chi connectivity index (χ2v) is 4.89. The molecule has 1 aromatic heterocycles. The van der Waals surface area contributed by atoms with Gasteiger partial charge in [0.15, 0.2) is 0 Å². The molecule has 6 heteroatoms. The minimum absolute atomic E-state index is 0.635. The van der Waals surface area contributed by atoms with Gasteiger partial charge < -0.3 is 10.2 Å². The maximum Gasteiger partial charge on any atom is 0.417 e. The van der Waals surface area contributed by atoms with Crippen molar-refractivity contribution in [2.45, 2.75) is 32.9 Å². The van der Waals surface area contributed by atoms with E-state index >= 15 is 0 Å². The molecule has 1 aromatic rings. The molecular formula is C15H24F3N3. The normalized spacial score (nSPS) is 16.4. The number of pyridine rings is 1. The van der Waals surface area contributed by atoms with Crippen molar-refractivity contribution in [1.82, 2.24) is 10.3 Å². The SMILES string of the molecule is CC.CNCC1CCN(c2ccc(C(F)(F)F)cn2)CC1. The quantitative estimate of drug-likeness (QED) is 0.925. The van der Waals surface area contributed by atoms with Crippen molar-refractivity contribution in [2.75, 3.05) is 31.6 Å². The molecule has 1 aliphatic heterocycles. The number of nitrogens with zero attached hydrogens (tertiary/aromatic N) is 2. The molecule has 2 heterocycles. The Morgan fingerprint density at radius 3 is 2.29 bits per heavy atom. The molecule has 0 aliphatic carbocycles. The molecule has 0 radical (unpaired) electrons. The van der Waals surface area contributed by atoms with Gasteiger partial charge in [-0.05, 0) is 44.5 Å². The molecule has 0 saturated carbocycles. The lowest BCUT2D eigenvalue weighted by molar-refractivity contribution is -0.137. The van der Waals surface area contributed by atoms with Gasteiger partial charge in [-0.25, -0.2) is 4.98 Å². The fourth-order valence-corrected chi connectivity index (χ4v) is 2.40. The lowest BCUT2D eigenvalue weighted by Gasteiger charge is -2.32. The molecule has 0 amide bonds. The molecule has 3 nitrogen and oxygen atoms in total. The highest BCUT2D eigenvalue weighted by Gasteiger charge is 2.31. The predicted octanol–water partition coefficient (Wildman–Crippen LogP) is 3.56. The maximum absolute atomic E-state index is 12.4. The van der Waals surface area contributed by atoms with Crippen LogP contribution in [0.5, 0.6) is 0 Å². The Morgan fingerprint density at radius 2 is 1.86 bits per heavy atom. The molecule has 120 valence electrons. The first-order chi connectivity index (χ1) is 10.0. The summed E-state index contributed by atoms with van der Waals surface area (Å²) in [6.45, 7) is 6.70. The number of anilines is 1. The molecule has 21 heavy (non-hydrogen) atoms. The Labute approximate surface area is 124 Å². The second kappa shape index (κ2) is 8.22. The Balaban J connectivity index is 0.00000106. The molecule has 1 saturated heterocycles. The van der Waals surface area contributed by atoms with Crippen LogP contribution in [0.25, 0.3) is 0 Å². The highest BCUT2D eigenvalue weighted by molar-refractivity contribution is 5.40. The van der Waals surface area contributed by atoms with Crippen LogP contribution in [0.4, 0.5) is 19.0 Å². The number of hydrogen-bond donors (Lipinski definition) is 1. The predicted molar refractivity (Wildman–Crippen MR) is 79.5 cm³/mol. The number of halogens is 3. The lowest BCUT2D eigenvalue weighted by atomic mass is 9.97. The van der Waals surface area contributed by atoms with E-state index in [0.29, 0.717) is 11.7 Å². The van der Waals surface area contributed by atoms with E-state index in [9.17, 15) is 13.2 Å². The van der Waals surface area contributed by atoms with Crippen LogP contribution in [-0.2, 0) is 6.18 Å². The third kappa shape index (κ3) is 5.19. The summed E-state index contributed by atoms with van der Waals surface area (Å²) in [5.74, 6) is 1.28. The largest absolute Gasteiger partial charge is 0.417 e. The van der Waals surface area contributed by atoms with E-state index in [1.54, 1.807) is 0 Å². The van der Waals surface area contributed by atoms with Gasteiger partial charge in [-0.15, -0.1) is 0 Å². The monoisotopic (exact) mass is 303 g/mol. The number of hydrogen-bond acceptors (Lipinski definition) is 3. The molecule has 1 fully saturated rings. The van der Waals surface area contributed by atoms with E-state index in [2.05, 4.69) is 10.3 Å². The van der Waals surface area contributed by atoms with Gasteiger partial charge in [0.25, 0.3) is 0 Å². The summed E-state index contributed by atoms with van der Waals surface area (Å²) in [5.41, 5.74) is -0.693. The van der Waals surface area contributed by atoms with Crippen molar-refractivity contribution in [3.63, 3.8) is 0 Å². The van der Waals surface area contributed by atoms with Gasteiger partial charge in [0.05, 0.1) is 5.56 Å². The molecule has 0 unspecified atom stereocenters. The molecular weight excluding hydrogens is 279 g/mol. The Hall–Kier alpha value is -1.30. The average molecular weight is 303 g/mol. The molecule has 0 aromatic carbocycles. The highest BCUT2D eigenvalue weighted by Crippen LogP contribution is 2.30. The Bertz CT molecular complexity index is 396. The van der Waals surface area contributed by atoms with Gasteiger partial charge in [-0.1, -0.05) is 13.8 Å². The Kier molecular flexibility index (Phi) is 6.95. The van der Waals surface area contributed by atoms with Crippen molar-refractivity contribution >= 4 is 5.82 Å². The number of aromatic nitrogens is 1. The average Bonchev–Trinajstić information content (AvgIpc) is 2.50. The van der Waals surface area contributed by atoms with Gasteiger partial charge >= 0.3 is 6.18 Å². The fraction of sp³-hybridized carbons (Fsp3) is 0.667. The summed E-state index contributed by atoms with van der Waals surface area (Å²) in [7, 11) is 1.93. The summed E-state index contributed by atoms with van der Waals surface area (Å²) in [5, 5.41) is 3.16. The lowest BCUT2D eigenvalue weighted by Crippen LogP contribution is -2.37. The van der Waals surface area contributed by atoms with Crippen LogP contribution in [-0.4, -0.2) is 31.7 Å². The van der Waals surface area contributed by atoms with Gasteiger partial charge in [0, 0.05) is 19.3 Å². The molecule has 1 N–H and O–H groups in total. The van der Waals surface area contributed by atoms with Crippen LogP contribution in [0.3, 0.4) is 0 Å². The Morgan fingerprint density at radius 1 is 1.24 bits per heavy atom. The smallest absolute Gasteiger partial charge is 0.357 e. The number of alkyl halides is 3.